The van der Waals surface area contributed by atoms with Crippen LogP contribution >= 0.6 is 0 Å². The molecule has 12 heavy (non-hydrogen) atoms. The number of nitrogens with zero attached hydrogens (tertiary/aromatic N) is 1. The van der Waals surface area contributed by atoms with Crippen molar-refractivity contribution in [2.24, 2.45) is 5.73 Å². The summed E-state index contributed by atoms with van der Waals surface area (Å²) in [6, 6.07) is 5.23. The molecule has 0 amide bonds. The fourth-order valence-corrected chi connectivity index (χ4v) is 1.15. The Labute approximate surface area is 71.8 Å². The van der Waals surface area contributed by atoms with E-state index in [1.807, 2.05) is 19.9 Å². The third-order valence-electron chi connectivity index (χ3n) is 1.74. The maximum absolute atomic E-state index is 11.3. The Hall–Kier alpha value is -1.09. The van der Waals surface area contributed by atoms with Gasteiger partial charge in [-0.3, -0.25) is 4.79 Å². The van der Waals surface area contributed by atoms with Crippen molar-refractivity contribution in [1.82, 2.24) is 4.57 Å². The molecule has 0 aliphatic carbocycles. The van der Waals surface area contributed by atoms with Gasteiger partial charge in [0.1, 0.15) is 0 Å². The summed E-state index contributed by atoms with van der Waals surface area (Å²) in [7, 11) is 0. The third kappa shape index (κ3) is 1.95. The van der Waals surface area contributed by atoms with Crippen LogP contribution in [0.15, 0.2) is 23.0 Å². The van der Waals surface area contributed by atoms with Crippen molar-refractivity contribution in [1.29, 1.82) is 0 Å². The molecule has 1 heterocycles. The lowest BCUT2D eigenvalue weighted by Crippen LogP contribution is -2.30. The van der Waals surface area contributed by atoms with Gasteiger partial charge in [-0.25, -0.2) is 0 Å². The molecule has 2 N–H and O–H groups in total. The number of hydrogen-bond acceptors (Lipinski definition) is 2. The predicted molar refractivity (Wildman–Crippen MR) is 49.1 cm³/mol. The quantitative estimate of drug-likeness (QED) is 0.695. The van der Waals surface area contributed by atoms with Gasteiger partial charge in [0, 0.05) is 24.3 Å². The Balaban J connectivity index is 3.05. The molecule has 3 heteroatoms. The minimum absolute atomic E-state index is 0.0174. The standard InChI is InChI=1S/C9H14N2O/c1-7(10)6-11-8(2)4-3-5-9(11)12/h3-5,7H,6,10H2,1-2H3. The first-order valence-corrected chi connectivity index (χ1v) is 4.03. The maximum Gasteiger partial charge on any atom is 0.250 e. The summed E-state index contributed by atoms with van der Waals surface area (Å²) in [5.74, 6) is 0. The van der Waals surface area contributed by atoms with Crippen LogP contribution in [0.5, 0.6) is 0 Å². The summed E-state index contributed by atoms with van der Waals surface area (Å²) in [6.45, 7) is 4.38. The van der Waals surface area contributed by atoms with Gasteiger partial charge >= 0.3 is 0 Å². The fraction of sp³-hybridized carbons (Fsp3) is 0.444. The van der Waals surface area contributed by atoms with Crippen LogP contribution in [0.1, 0.15) is 12.6 Å². The van der Waals surface area contributed by atoms with Gasteiger partial charge < -0.3 is 10.3 Å². The van der Waals surface area contributed by atoms with Crippen molar-refractivity contribution < 1.29 is 0 Å². The molecule has 1 atom stereocenters. The maximum atomic E-state index is 11.3. The number of pyridine rings is 1. The van der Waals surface area contributed by atoms with Crippen LogP contribution in [0.25, 0.3) is 0 Å². The summed E-state index contributed by atoms with van der Waals surface area (Å²) >= 11 is 0. The largest absolute Gasteiger partial charge is 0.326 e. The monoisotopic (exact) mass is 166 g/mol. The number of aromatic nitrogens is 1. The van der Waals surface area contributed by atoms with E-state index in [0.29, 0.717) is 6.54 Å². The van der Waals surface area contributed by atoms with Crippen LogP contribution in [-0.2, 0) is 6.54 Å². The van der Waals surface area contributed by atoms with Crippen LogP contribution in [0.3, 0.4) is 0 Å². The number of rotatable bonds is 2. The first-order chi connectivity index (χ1) is 5.61. The summed E-state index contributed by atoms with van der Waals surface area (Å²) in [5.41, 5.74) is 6.58. The Kier molecular flexibility index (Phi) is 2.65. The first-order valence-electron chi connectivity index (χ1n) is 4.03. The zero-order chi connectivity index (χ0) is 9.14. The van der Waals surface area contributed by atoms with Crippen LogP contribution in [0.2, 0.25) is 0 Å². The molecule has 0 saturated heterocycles. The third-order valence-corrected chi connectivity index (χ3v) is 1.74. The van der Waals surface area contributed by atoms with E-state index in [-0.39, 0.29) is 11.6 Å². The minimum atomic E-state index is 0.0174. The van der Waals surface area contributed by atoms with Gasteiger partial charge in [-0.15, -0.1) is 0 Å². The van der Waals surface area contributed by atoms with Crippen molar-refractivity contribution in [2.75, 3.05) is 0 Å². The highest BCUT2D eigenvalue weighted by Gasteiger charge is 2.00. The molecular formula is C9H14N2O. The average Bonchev–Trinajstić information content (AvgIpc) is 1.97. The molecule has 1 unspecified atom stereocenters. The number of nitrogens with two attached hydrogens (primary N) is 1. The number of aryl methyl sites for hydroxylation is 1. The van der Waals surface area contributed by atoms with Crippen molar-refractivity contribution >= 4 is 0 Å². The van der Waals surface area contributed by atoms with E-state index in [9.17, 15) is 4.79 Å². The van der Waals surface area contributed by atoms with Gasteiger partial charge in [0.15, 0.2) is 0 Å². The normalized spacial score (nSPS) is 12.9. The van der Waals surface area contributed by atoms with E-state index in [1.54, 1.807) is 16.7 Å². The van der Waals surface area contributed by atoms with Crippen LogP contribution in [0.4, 0.5) is 0 Å². The van der Waals surface area contributed by atoms with E-state index < -0.39 is 0 Å². The topological polar surface area (TPSA) is 48.0 Å². The Morgan fingerprint density at radius 3 is 2.75 bits per heavy atom. The minimum Gasteiger partial charge on any atom is -0.326 e. The lowest BCUT2D eigenvalue weighted by atomic mass is 10.3. The highest BCUT2D eigenvalue weighted by atomic mass is 16.1. The van der Waals surface area contributed by atoms with E-state index in [0.717, 1.165) is 5.69 Å². The molecule has 0 aliphatic heterocycles. The van der Waals surface area contributed by atoms with Crippen molar-refractivity contribution in [3.05, 3.63) is 34.2 Å². The highest BCUT2D eigenvalue weighted by Crippen LogP contribution is 1.94. The molecule has 0 radical (unpaired) electrons. The average molecular weight is 166 g/mol. The van der Waals surface area contributed by atoms with Crippen molar-refractivity contribution in [3.8, 4) is 0 Å². The van der Waals surface area contributed by atoms with Crippen LogP contribution < -0.4 is 11.3 Å². The smallest absolute Gasteiger partial charge is 0.250 e. The summed E-state index contributed by atoms with van der Waals surface area (Å²) in [5, 5.41) is 0. The molecule has 0 spiro atoms. The van der Waals surface area contributed by atoms with Crippen molar-refractivity contribution in [3.63, 3.8) is 0 Å². The molecule has 66 valence electrons. The van der Waals surface area contributed by atoms with Gasteiger partial charge in [-0.2, -0.15) is 0 Å². The lowest BCUT2D eigenvalue weighted by molar-refractivity contribution is 0.562. The molecule has 0 fully saturated rings. The SMILES string of the molecule is Cc1cccc(=O)n1CC(C)N. The van der Waals surface area contributed by atoms with E-state index >= 15 is 0 Å². The van der Waals surface area contributed by atoms with Gasteiger partial charge in [-0.05, 0) is 19.9 Å². The predicted octanol–water partition coefficient (Wildman–Crippen LogP) is 0.504. The molecule has 0 aliphatic rings. The molecule has 3 nitrogen and oxygen atoms in total. The van der Waals surface area contributed by atoms with Gasteiger partial charge in [0.2, 0.25) is 0 Å². The van der Waals surface area contributed by atoms with Crippen molar-refractivity contribution in [2.45, 2.75) is 26.4 Å². The molecule has 0 saturated carbocycles. The Bertz CT molecular complexity index is 315. The second kappa shape index (κ2) is 3.54. The zero-order valence-corrected chi connectivity index (χ0v) is 7.45. The number of hydrogen-bond donors (Lipinski definition) is 1. The second-order valence-electron chi connectivity index (χ2n) is 3.09. The van der Waals surface area contributed by atoms with E-state index in [1.165, 1.54) is 0 Å². The first kappa shape index (κ1) is 9.00. The summed E-state index contributed by atoms with van der Waals surface area (Å²) < 4.78 is 1.69. The van der Waals surface area contributed by atoms with Gasteiger partial charge in [0.25, 0.3) is 5.56 Å². The molecule has 0 bridgehead atoms. The zero-order valence-electron chi connectivity index (χ0n) is 7.45. The van der Waals surface area contributed by atoms with Gasteiger partial charge in [-0.1, -0.05) is 6.07 Å². The lowest BCUT2D eigenvalue weighted by Gasteiger charge is -2.11. The van der Waals surface area contributed by atoms with Gasteiger partial charge in [0.05, 0.1) is 0 Å². The summed E-state index contributed by atoms with van der Waals surface area (Å²) in [4.78, 5) is 11.3. The van der Waals surface area contributed by atoms with E-state index in [2.05, 4.69) is 0 Å². The van der Waals surface area contributed by atoms with Crippen LogP contribution in [0, 0.1) is 6.92 Å². The van der Waals surface area contributed by atoms with E-state index in [4.69, 9.17) is 5.73 Å². The van der Waals surface area contributed by atoms with Crippen LogP contribution in [-0.4, -0.2) is 10.6 Å². The second-order valence-corrected chi connectivity index (χ2v) is 3.09. The Morgan fingerprint density at radius 1 is 1.58 bits per heavy atom. The summed E-state index contributed by atoms with van der Waals surface area (Å²) in [6.07, 6.45) is 0. The molecule has 1 aromatic rings. The fourth-order valence-electron chi connectivity index (χ4n) is 1.15. The molecule has 0 aromatic carbocycles. The molecule has 1 rings (SSSR count). The Morgan fingerprint density at radius 2 is 2.25 bits per heavy atom. The highest BCUT2D eigenvalue weighted by molar-refractivity contribution is 5.04. The molecule has 1 aromatic heterocycles. The molecular weight excluding hydrogens is 152 g/mol.